The molecule has 0 radical (unpaired) electrons. The maximum Gasteiger partial charge on any atom is 0.184 e. The van der Waals surface area contributed by atoms with Crippen molar-refractivity contribution in [1.82, 2.24) is 24.3 Å². The van der Waals surface area contributed by atoms with Gasteiger partial charge in [0.05, 0.1) is 17.4 Å². The Morgan fingerprint density at radius 2 is 2.31 bits per heavy atom. The van der Waals surface area contributed by atoms with E-state index in [0.29, 0.717) is 4.77 Å². The fraction of sp³-hybridized carbons (Fsp3) is 0.100. The molecule has 3 aromatic rings. The zero-order valence-corrected chi connectivity index (χ0v) is 9.40. The minimum Gasteiger partial charge on any atom is -0.329 e. The van der Waals surface area contributed by atoms with Crippen molar-refractivity contribution in [3.8, 4) is 5.69 Å². The van der Waals surface area contributed by atoms with Crippen LogP contribution in [0.15, 0.2) is 30.7 Å². The van der Waals surface area contributed by atoms with Gasteiger partial charge in [-0.15, -0.1) is 0 Å². The van der Waals surface area contributed by atoms with Crippen LogP contribution >= 0.6 is 12.2 Å². The molecule has 1 N–H and O–H groups in total. The predicted octanol–water partition coefficient (Wildman–Crippen LogP) is 1.82. The van der Waals surface area contributed by atoms with Gasteiger partial charge in [-0.05, 0) is 24.4 Å². The monoisotopic (exact) mass is 231 g/mol. The van der Waals surface area contributed by atoms with E-state index in [1.54, 1.807) is 17.1 Å². The van der Waals surface area contributed by atoms with Gasteiger partial charge in [-0.2, -0.15) is 5.10 Å². The first-order valence-electron chi connectivity index (χ1n) is 4.80. The van der Waals surface area contributed by atoms with Crippen LogP contribution in [0.25, 0.3) is 16.9 Å². The number of hydrogen-bond acceptors (Lipinski definition) is 3. The Kier molecular flexibility index (Phi) is 1.90. The van der Waals surface area contributed by atoms with Crippen LogP contribution in [0.5, 0.6) is 0 Å². The first-order valence-corrected chi connectivity index (χ1v) is 5.21. The normalized spacial score (nSPS) is 11.1. The Labute approximate surface area is 96.4 Å². The number of H-pyrrole nitrogens is 1. The van der Waals surface area contributed by atoms with Crippen LogP contribution < -0.4 is 0 Å². The highest BCUT2D eigenvalue weighted by Gasteiger charge is 2.07. The van der Waals surface area contributed by atoms with Crippen molar-refractivity contribution in [2.24, 2.45) is 7.05 Å². The first-order chi connectivity index (χ1) is 7.75. The molecular weight excluding hydrogens is 222 g/mol. The van der Waals surface area contributed by atoms with E-state index in [-0.39, 0.29) is 0 Å². The molecule has 80 valence electrons. The van der Waals surface area contributed by atoms with Crippen LogP contribution in [0.2, 0.25) is 0 Å². The third-order valence-corrected chi connectivity index (χ3v) is 2.68. The van der Waals surface area contributed by atoms with Gasteiger partial charge < -0.3 is 4.98 Å². The smallest absolute Gasteiger partial charge is 0.184 e. The largest absolute Gasteiger partial charge is 0.329 e. The molecule has 0 aliphatic rings. The van der Waals surface area contributed by atoms with Crippen LogP contribution in [-0.2, 0) is 7.05 Å². The van der Waals surface area contributed by atoms with Gasteiger partial charge in [0.2, 0.25) is 0 Å². The van der Waals surface area contributed by atoms with E-state index in [1.165, 1.54) is 0 Å². The van der Waals surface area contributed by atoms with Gasteiger partial charge >= 0.3 is 0 Å². The zero-order chi connectivity index (χ0) is 11.1. The number of nitrogens with zero attached hydrogens (tertiary/aromatic N) is 4. The number of imidazole rings is 1. The van der Waals surface area contributed by atoms with Crippen LogP contribution in [0.1, 0.15) is 0 Å². The van der Waals surface area contributed by atoms with Gasteiger partial charge in [-0.3, -0.25) is 9.25 Å². The SMILES string of the molecule is Cn1cc(-n2c(=S)[nH]c3cccnc32)cn1. The molecule has 0 unspecified atom stereocenters. The van der Waals surface area contributed by atoms with E-state index in [9.17, 15) is 0 Å². The van der Waals surface area contributed by atoms with Crippen molar-refractivity contribution in [2.75, 3.05) is 0 Å². The summed E-state index contributed by atoms with van der Waals surface area (Å²) in [4.78, 5) is 7.43. The van der Waals surface area contributed by atoms with Crippen LogP contribution in [0, 0.1) is 4.77 Å². The molecule has 3 heterocycles. The first kappa shape index (κ1) is 9.29. The summed E-state index contributed by atoms with van der Waals surface area (Å²) in [6, 6.07) is 3.83. The standard InChI is InChI=1S/C10H9N5S/c1-14-6-7(5-12-14)15-9-8(13-10(15)16)3-2-4-11-9/h2-6H,1H3,(H,13,16). The maximum absolute atomic E-state index is 5.27. The molecule has 0 saturated carbocycles. The minimum atomic E-state index is 0.627. The molecule has 0 spiro atoms. The third-order valence-electron chi connectivity index (χ3n) is 2.39. The van der Waals surface area contributed by atoms with Crippen molar-refractivity contribution in [3.63, 3.8) is 0 Å². The lowest BCUT2D eigenvalue weighted by molar-refractivity contribution is 0.767. The second kappa shape index (κ2) is 3.28. The lowest BCUT2D eigenvalue weighted by Crippen LogP contribution is -1.93. The summed E-state index contributed by atoms with van der Waals surface area (Å²) in [5.74, 6) is 0. The molecule has 0 aromatic carbocycles. The topological polar surface area (TPSA) is 51.4 Å². The number of aryl methyl sites for hydroxylation is 1. The van der Waals surface area contributed by atoms with Gasteiger partial charge in [-0.25, -0.2) is 4.98 Å². The molecule has 0 aliphatic heterocycles. The number of fused-ring (bicyclic) bond motifs is 1. The summed E-state index contributed by atoms with van der Waals surface area (Å²) < 4.78 is 4.23. The van der Waals surface area contributed by atoms with Crippen molar-refractivity contribution < 1.29 is 0 Å². The van der Waals surface area contributed by atoms with E-state index >= 15 is 0 Å². The molecule has 6 heteroatoms. The van der Waals surface area contributed by atoms with Crippen molar-refractivity contribution >= 4 is 23.4 Å². The lowest BCUT2D eigenvalue weighted by atomic mass is 10.4. The summed E-state index contributed by atoms with van der Waals surface area (Å²) >= 11 is 5.27. The quantitative estimate of drug-likeness (QED) is 0.650. The van der Waals surface area contributed by atoms with E-state index in [1.807, 2.05) is 29.9 Å². The van der Waals surface area contributed by atoms with Crippen molar-refractivity contribution in [2.45, 2.75) is 0 Å². The third kappa shape index (κ3) is 1.27. The summed E-state index contributed by atoms with van der Waals surface area (Å²) in [6.45, 7) is 0. The van der Waals surface area contributed by atoms with Gasteiger partial charge in [0, 0.05) is 19.4 Å². The number of rotatable bonds is 1. The van der Waals surface area contributed by atoms with Gasteiger partial charge in [0.15, 0.2) is 10.4 Å². The molecule has 0 aliphatic carbocycles. The number of aromatic nitrogens is 5. The van der Waals surface area contributed by atoms with Crippen LogP contribution in [-0.4, -0.2) is 24.3 Å². The lowest BCUT2D eigenvalue weighted by Gasteiger charge is -1.97. The molecule has 3 aromatic heterocycles. The number of aromatic amines is 1. The number of pyridine rings is 1. The van der Waals surface area contributed by atoms with Crippen molar-refractivity contribution in [1.29, 1.82) is 0 Å². The summed E-state index contributed by atoms with van der Waals surface area (Å²) in [5.41, 5.74) is 2.66. The molecule has 0 fully saturated rings. The highest BCUT2D eigenvalue weighted by atomic mass is 32.1. The molecule has 16 heavy (non-hydrogen) atoms. The van der Waals surface area contributed by atoms with Crippen LogP contribution in [0.3, 0.4) is 0 Å². The molecule has 3 rings (SSSR count). The molecule has 0 bridgehead atoms. The molecular formula is C10H9N5S. The Balaban J connectivity index is 2.39. The fourth-order valence-electron chi connectivity index (χ4n) is 1.70. The fourth-order valence-corrected chi connectivity index (χ4v) is 2.01. The molecule has 0 atom stereocenters. The van der Waals surface area contributed by atoms with Crippen molar-refractivity contribution in [3.05, 3.63) is 35.5 Å². The Hall–Kier alpha value is -1.95. The zero-order valence-electron chi connectivity index (χ0n) is 8.58. The van der Waals surface area contributed by atoms with Crippen LogP contribution in [0.4, 0.5) is 0 Å². The van der Waals surface area contributed by atoms with E-state index < -0.39 is 0 Å². The molecule has 5 nitrogen and oxygen atoms in total. The van der Waals surface area contributed by atoms with E-state index in [4.69, 9.17) is 12.2 Å². The average molecular weight is 231 g/mol. The summed E-state index contributed by atoms with van der Waals surface area (Å²) in [7, 11) is 1.87. The Morgan fingerprint density at radius 1 is 1.44 bits per heavy atom. The Bertz CT molecular complexity index is 705. The molecule has 0 saturated heterocycles. The summed E-state index contributed by atoms with van der Waals surface area (Å²) in [6.07, 6.45) is 5.41. The van der Waals surface area contributed by atoms with Gasteiger partial charge in [0.25, 0.3) is 0 Å². The number of nitrogens with one attached hydrogen (secondary N) is 1. The highest BCUT2D eigenvalue weighted by molar-refractivity contribution is 7.71. The highest BCUT2D eigenvalue weighted by Crippen LogP contribution is 2.16. The van der Waals surface area contributed by atoms with Gasteiger partial charge in [-0.1, -0.05) is 0 Å². The second-order valence-electron chi connectivity index (χ2n) is 3.51. The number of hydrogen-bond donors (Lipinski definition) is 1. The summed E-state index contributed by atoms with van der Waals surface area (Å²) in [5, 5.41) is 4.13. The van der Waals surface area contributed by atoms with E-state index in [2.05, 4.69) is 15.1 Å². The predicted molar refractivity (Wildman–Crippen MR) is 63.0 cm³/mol. The molecule has 0 amide bonds. The second-order valence-corrected chi connectivity index (χ2v) is 3.90. The maximum atomic E-state index is 5.27. The average Bonchev–Trinajstić information content (AvgIpc) is 2.80. The minimum absolute atomic E-state index is 0.627. The van der Waals surface area contributed by atoms with Gasteiger partial charge in [0.1, 0.15) is 0 Å². The Morgan fingerprint density at radius 3 is 3.06 bits per heavy atom. The van der Waals surface area contributed by atoms with E-state index in [0.717, 1.165) is 16.9 Å².